The van der Waals surface area contributed by atoms with Crippen LogP contribution in [0.5, 0.6) is 0 Å². The first-order chi connectivity index (χ1) is 11.7. The van der Waals surface area contributed by atoms with Crippen LogP contribution in [0, 0.1) is 0 Å². The van der Waals surface area contributed by atoms with Crippen LogP contribution in [0.4, 0.5) is 9.59 Å². The minimum atomic E-state index is -1.13. The van der Waals surface area contributed by atoms with Crippen LogP contribution >= 0.6 is 0 Å². The number of nitrogens with zero attached hydrogens (tertiary/aromatic N) is 2. The van der Waals surface area contributed by atoms with E-state index in [0.29, 0.717) is 19.4 Å². The molecule has 1 heterocycles. The quantitative estimate of drug-likeness (QED) is 0.814. The standard InChI is InChI=1S/C18H32N2O6/c1-8-18(9-10-19(12-18)14(23)25-16(2,3)4)20(11-13(21)22)15(24)26-17(5,6)7/h8-12H2,1-7H3,(H,21,22)/t18-/m1/s1. The molecule has 2 amide bonds. The van der Waals surface area contributed by atoms with Crippen LogP contribution in [0.15, 0.2) is 0 Å². The summed E-state index contributed by atoms with van der Waals surface area (Å²) in [6.07, 6.45) is -0.186. The lowest BCUT2D eigenvalue weighted by Gasteiger charge is -2.40. The normalized spacial score (nSPS) is 20.7. The second-order valence-corrected chi connectivity index (χ2v) is 8.69. The van der Waals surface area contributed by atoms with Gasteiger partial charge in [-0.2, -0.15) is 0 Å². The average molecular weight is 372 g/mol. The summed E-state index contributed by atoms with van der Waals surface area (Å²) in [6.45, 7) is 12.5. The minimum Gasteiger partial charge on any atom is -0.480 e. The molecule has 0 aromatic rings. The van der Waals surface area contributed by atoms with E-state index in [4.69, 9.17) is 9.47 Å². The Morgan fingerprint density at radius 2 is 1.62 bits per heavy atom. The van der Waals surface area contributed by atoms with Crippen molar-refractivity contribution in [1.29, 1.82) is 0 Å². The number of rotatable bonds is 4. The van der Waals surface area contributed by atoms with Crippen molar-refractivity contribution in [3.8, 4) is 0 Å². The van der Waals surface area contributed by atoms with E-state index in [2.05, 4.69) is 0 Å². The third-order valence-electron chi connectivity index (χ3n) is 4.12. The number of aliphatic carboxylic acids is 1. The van der Waals surface area contributed by atoms with Crippen molar-refractivity contribution < 1.29 is 29.0 Å². The van der Waals surface area contributed by atoms with Crippen molar-refractivity contribution in [1.82, 2.24) is 9.80 Å². The Bertz CT molecular complexity index is 549. The highest BCUT2D eigenvalue weighted by Gasteiger charge is 2.48. The summed E-state index contributed by atoms with van der Waals surface area (Å²) in [4.78, 5) is 39.1. The molecule has 8 heteroatoms. The number of ether oxygens (including phenoxy) is 2. The van der Waals surface area contributed by atoms with E-state index in [0.717, 1.165) is 0 Å². The zero-order chi connectivity index (χ0) is 20.3. The Morgan fingerprint density at radius 3 is 2.04 bits per heavy atom. The molecule has 150 valence electrons. The number of likely N-dealkylation sites (tertiary alicyclic amines) is 1. The molecule has 1 saturated heterocycles. The molecule has 1 atom stereocenters. The number of amides is 2. The average Bonchev–Trinajstić information content (AvgIpc) is 2.86. The van der Waals surface area contributed by atoms with Gasteiger partial charge in [0.15, 0.2) is 0 Å². The van der Waals surface area contributed by atoms with Crippen molar-refractivity contribution in [2.75, 3.05) is 19.6 Å². The van der Waals surface area contributed by atoms with Crippen LogP contribution in [0.25, 0.3) is 0 Å². The maximum absolute atomic E-state index is 12.7. The Kier molecular flexibility index (Phi) is 6.54. The summed E-state index contributed by atoms with van der Waals surface area (Å²) in [5.74, 6) is -1.13. The first-order valence-corrected chi connectivity index (χ1v) is 8.89. The lowest BCUT2D eigenvalue weighted by molar-refractivity contribution is -0.140. The number of carboxylic acids is 1. The molecule has 1 aliphatic heterocycles. The molecule has 0 bridgehead atoms. The lowest BCUT2D eigenvalue weighted by Crippen LogP contribution is -2.56. The van der Waals surface area contributed by atoms with E-state index >= 15 is 0 Å². The van der Waals surface area contributed by atoms with Gasteiger partial charge in [0.2, 0.25) is 0 Å². The largest absolute Gasteiger partial charge is 0.480 e. The predicted octanol–water partition coefficient (Wildman–Crippen LogP) is 3.10. The molecule has 0 radical (unpaired) electrons. The van der Waals surface area contributed by atoms with Crippen LogP contribution < -0.4 is 0 Å². The smallest absolute Gasteiger partial charge is 0.411 e. The maximum atomic E-state index is 12.7. The summed E-state index contributed by atoms with van der Waals surface area (Å²) in [7, 11) is 0. The van der Waals surface area contributed by atoms with E-state index in [1.807, 2.05) is 6.92 Å². The van der Waals surface area contributed by atoms with Gasteiger partial charge in [0.05, 0.1) is 5.54 Å². The van der Waals surface area contributed by atoms with Crippen molar-refractivity contribution in [2.45, 2.75) is 78.0 Å². The fourth-order valence-corrected chi connectivity index (χ4v) is 2.92. The molecule has 26 heavy (non-hydrogen) atoms. The van der Waals surface area contributed by atoms with Crippen LogP contribution in [-0.2, 0) is 14.3 Å². The van der Waals surface area contributed by atoms with Gasteiger partial charge >= 0.3 is 18.2 Å². The van der Waals surface area contributed by atoms with Crippen molar-refractivity contribution in [3.63, 3.8) is 0 Å². The highest BCUT2D eigenvalue weighted by molar-refractivity contribution is 5.78. The second kappa shape index (κ2) is 7.72. The van der Waals surface area contributed by atoms with Gasteiger partial charge in [0.25, 0.3) is 0 Å². The molecule has 1 N–H and O–H groups in total. The summed E-state index contributed by atoms with van der Waals surface area (Å²) < 4.78 is 10.8. The highest BCUT2D eigenvalue weighted by atomic mass is 16.6. The van der Waals surface area contributed by atoms with E-state index in [9.17, 15) is 19.5 Å². The van der Waals surface area contributed by atoms with E-state index in [1.165, 1.54) is 9.80 Å². The first kappa shape index (κ1) is 22.1. The third kappa shape index (κ3) is 6.07. The molecule has 0 saturated carbocycles. The molecule has 1 rings (SSSR count). The number of carboxylic acid groups (broad SMARTS) is 1. The Hall–Kier alpha value is -1.99. The third-order valence-corrected chi connectivity index (χ3v) is 4.12. The molecule has 0 aliphatic carbocycles. The van der Waals surface area contributed by atoms with Crippen LogP contribution in [0.3, 0.4) is 0 Å². The number of carbonyl (C=O) groups excluding carboxylic acids is 2. The lowest BCUT2D eigenvalue weighted by atomic mass is 9.93. The summed E-state index contributed by atoms with van der Waals surface area (Å²) in [6, 6.07) is 0. The number of hydrogen-bond acceptors (Lipinski definition) is 5. The SMILES string of the molecule is CC[C@@]1(N(CC(=O)O)C(=O)OC(C)(C)C)CCN(C(=O)OC(C)(C)C)C1. The van der Waals surface area contributed by atoms with E-state index in [-0.39, 0.29) is 6.54 Å². The molecule has 0 spiro atoms. The molecule has 1 fully saturated rings. The highest BCUT2D eigenvalue weighted by Crippen LogP contribution is 2.33. The number of carbonyl (C=O) groups is 3. The van der Waals surface area contributed by atoms with Gasteiger partial charge in [-0.1, -0.05) is 6.92 Å². The molecule has 1 aliphatic rings. The molecule has 0 unspecified atom stereocenters. The maximum Gasteiger partial charge on any atom is 0.411 e. The first-order valence-electron chi connectivity index (χ1n) is 8.89. The van der Waals surface area contributed by atoms with Crippen LogP contribution in [-0.4, -0.2) is 69.4 Å². The van der Waals surface area contributed by atoms with E-state index in [1.54, 1.807) is 41.5 Å². The van der Waals surface area contributed by atoms with Crippen LogP contribution in [0.1, 0.15) is 61.3 Å². The molecule has 8 nitrogen and oxygen atoms in total. The van der Waals surface area contributed by atoms with Gasteiger partial charge in [-0.25, -0.2) is 9.59 Å². The topological polar surface area (TPSA) is 96.4 Å². The van der Waals surface area contributed by atoms with Gasteiger partial charge in [-0.3, -0.25) is 9.69 Å². The Labute approximate surface area is 155 Å². The van der Waals surface area contributed by atoms with Gasteiger partial charge in [-0.15, -0.1) is 0 Å². The van der Waals surface area contributed by atoms with Gasteiger partial charge in [0.1, 0.15) is 17.7 Å². The van der Waals surface area contributed by atoms with Crippen molar-refractivity contribution >= 4 is 18.2 Å². The molecular formula is C18H32N2O6. The Balaban J connectivity index is 3.04. The van der Waals surface area contributed by atoms with E-state index < -0.39 is 41.4 Å². The monoisotopic (exact) mass is 372 g/mol. The molecular weight excluding hydrogens is 340 g/mol. The molecule has 0 aromatic carbocycles. The fraction of sp³-hybridized carbons (Fsp3) is 0.833. The summed E-state index contributed by atoms with van der Waals surface area (Å²) in [5, 5.41) is 9.27. The molecule has 0 aromatic heterocycles. The fourth-order valence-electron chi connectivity index (χ4n) is 2.92. The number of hydrogen-bond donors (Lipinski definition) is 1. The van der Waals surface area contributed by atoms with Crippen molar-refractivity contribution in [3.05, 3.63) is 0 Å². The summed E-state index contributed by atoms with van der Waals surface area (Å²) >= 11 is 0. The van der Waals surface area contributed by atoms with Gasteiger partial charge in [-0.05, 0) is 54.4 Å². The zero-order valence-corrected chi connectivity index (χ0v) is 16.9. The minimum absolute atomic E-state index is 0.213. The van der Waals surface area contributed by atoms with Crippen LogP contribution in [0.2, 0.25) is 0 Å². The zero-order valence-electron chi connectivity index (χ0n) is 16.9. The van der Waals surface area contributed by atoms with Gasteiger partial charge in [0, 0.05) is 13.1 Å². The Morgan fingerprint density at radius 1 is 1.08 bits per heavy atom. The van der Waals surface area contributed by atoms with Gasteiger partial charge < -0.3 is 19.5 Å². The predicted molar refractivity (Wildman–Crippen MR) is 96.0 cm³/mol. The van der Waals surface area contributed by atoms with Crippen molar-refractivity contribution in [2.24, 2.45) is 0 Å². The second-order valence-electron chi connectivity index (χ2n) is 8.69. The summed E-state index contributed by atoms with van der Waals surface area (Å²) in [5.41, 5.74) is -2.16.